The van der Waals surface area contributed by atoms with Crippen LogP contribution >= 0.6 is 23.2 Å². The molecule has 6 aromatic carbocycles. The average molecular weight is 635 g/mol. The molecular weight excluding hydrogens is 613 g/mol. The van der Waals surface area contributed by atoms with Gasteiger partial charge < -0.3 is 25.7 Å². The monoisotopic (exact) mass is 634 g/mol. The van der Waals surface area contributed by atoms with E-state index < -0.39 is 0 Å². The Morgan fingerprint density at radius 2 is 1.26 bits per heavy atom. The zero-order chi connectivity index (χ0) is 31.1. The number of aliphatic hydroxyl groups excluding tert-OH is 1. The molecule has 0 spiro atoms. The number of allylic oxidation sites excluding steroid dienone is 2. The Morgan fingerprint density at radius 1 is 0.630 bits per heavy atom. The third-order valence-corrected chi connectivity index (χ3v) is 9.56. The van der Waals surface area contributed by atoms with E-state index in [1.807, 2.05) is 109 Å². The summed E-state index contributed by atoms with van der Waals surface area (Å²) in [5.41, 5.74) is 5.78. The number of hydrogen-bond acceptors (Lipinski definition) is 6. The van der Waals surface area contributed by atoms with Gasteiger partial charge in [-0.15, -0.1) is 0 Å². The van der Waals surface area contributed by atoms with E-state index in [0.717, 1.165) is 49.5 Å². The van der Waals surface area contributed by atoms with Gasteiger partial charge in [-0.2, -0.15) is 0 Å². The molecule has 0 aromatic heterocycles. The number of hydrogen-bond donors (Lipinski definition) is 4. The lowest BCUT2D eigenvalue weighted by Crippen LogP contribution is -2.48. The van der Waals surface area contributed by atoms with Gasteiger partial charge in [0.2, 0.25) is 5.78 Å². The number of benzene rings is 6. The summed E-state index contributed by atoms with van der Waals surface area (Å²) in [6, 6.07) is 35.0. The third kappa shape index (κ3) is 4.07. The van der Waals surface area contributed by atoms with Crippen LogP contribution in [0.1, 0.15) is 5.56 Å². The molecule has 4 N–H and O–H groups in total. The van der Waals surface area contributed by atoms with Gasteiger partial charge in [-0.3, -0.25) is 4.79 Å². The number of ketones is 1. The number of carbonyl (C=O) groups is 1. The Labute approximate surface area is 274 Å². The van der Waals surface area contributed by atoms with Crippen molar-refractivity contribution in [2.45, 2.75) is 0 Å². The lowest BCUT2D eigenvalue weighted by Gasteiger charge is -2.31. The lowest BCUT2D eigenvalue weighted by molar-refractivity contribution is -0.109. The van der Waals surface area contributed by atoms with Gasteiger partial charge >= 0.3 is 14.0 Å². The van der Waals surface area contributed by atoms with Gasteiger partial charge in [0.25, 0.3) is 0 Å². The molecule has 2 heterocycles. The third-order valence-electron chi connectivity index (χ3n) is 9.06. The molecular formula is C36H22B2Cl2N4O2. The van der Waals surface area contributed by atoms with Gasteiger partial charge in [-0.25, -0.2) is 0 Å². The Bertz CT molecular complexity index is 2470. The first kappa shape index (κ1) is 27.2. The van der Waals surface area contributed by atoms with Crippen LogP contribution in [0.5, 0.6) is 0 Å². The van der Waals surface area contributed by atoms with Crippen molar-refractivity contribution in [3.05, 3.63) is 141 Å². The summed E-state index contributed by atoms with van der Waals surface area (Å²) in [7, 11) is 0. The Kier molecular flexibility index (Phi) is 6.01. The SMILES string of the molecule is O=C1C(c2ccc3cccc4c3c2NB(c2ccc(Cl)cc2)N4)=C(O)/C1=c1\ccc2cccc3c2c1=NB(c1ccc(Cl)cc1)N3. The molecule has 0 unspecified atom stereocenters. The molecule has 0 amide bonds. The first-order chi connectivity index (χ1) is 22.4. The number of Topliss-reactive ketones (excluding diaryl/α,β-unsaturated/α-hetero) is 1. The number of aliphatic hydroxyl groups is 1. The highest BCUT2D eigenvalue weighted by Crippen LogP contribution is 2.45. The van der Waals surface area contributed by atoms with E-state index in [1.54, 1.807) is 0 Å². The molecule has 6 nitrogen and oxygen atoms in total. The van der Waals surface area contributed by atoms with Gasteiger partial charge in [0.1, 0.15) is 5.76 Å². The summed E-state index contributed by atoms with van der Waals surface area (Å²) in [6.07, 6.45) is 0. The van der Waals surface area contributed by atoms with Crippen molar-refractivity contribution < 1.29 is 9.90 Å². The molecule has 2 aliphatic heterocycles. The van der Waals surface area contributed by atoms with Gasteiger partial charge in [-0.1, -0.05) is 96.0 Å². The van der Waals surface area contributed by atoms with Crippen molar-refractivity contribution in [2.75, 3.05) is 15.7 Å². The molecule has 3 aliphatic rings. The zero-order valence-electron chi connectivity index (χ0n) is 24.1. The average Bonchev–Trinajstić information content (AvgIpc) is 3.08. The fourth-order valence-corrected chi connectivity index (χ4v) is 7.10. The van der Waals surface area contributed by atoms with Crippen LogP contribution in [0, 0.1) is 0 Å². The van der Waals surface area contributed by atoms with Gasteiger partial charge in [0.15, 0.2) is 0 Å². The molecule has 46 heavy (non-hydrogen) atoms. The van der Waals surface area contributed by atoms with Gasteiger partial charge in [0, 0.05) is 48.7 Å². The predicted molar refractivity (Wildman–Crippen MR) is 191 cm³/mol. The molecule has 0 radical (unpaired) electrons. The van der Waals surface area contributed by atoms with Crippen molar-refractivity contribution in [1.29, 1.82) is 0 Å². The fourth-order valence-electron chi connectivity index (χ4n) is 6.85. The first-order valence-electron chi connectivity index (χ1n) is 14.9. The highest BCUT2D eigenvalue weighted by atomic mass is 35.5. The van der Waals surface area contributed by atoms with Gasteiger partial charge in [0.05, 0.1) is 16.5 Å². The number of rotatable bonds is 3. The largest absolute Gasteiger partial charge is 0.506 e. The maximum Gasteiger partial charge on any atom is 0.427 e. The van der Waals surface area contributed by atoms with Crippen molar-refractivity contribution in [3.8, 4) is 0 Å². The highest BCUT2D eigenvalue weighted by Gasteiger charge is 2.39. The Balaban J connectivity index is 1.24. The van der Waals surface area contributed by atoms with Crippen molar-refractivity contribution in [3.63, 3.8) is 0 Å². The van der Waals surface area contributed by atoms with Crippen LogP contribution in [0.15, 0.2) is 120 Å². The number of carbonyl (C=O) groups excluding carboxylic acids is 1. The number of nitrogens with one attached hydrogen (secondary N) is 3. The van der Waals surface area contributed by atoms with Gasteiger partial charge in [-0.05, 0) is 58.1 Å². The van der Waals surface area contributed by atoms with Crippen molar-refractivity contribution in [2.24, 2.45) is 4.90 Å². The van der Waals surface area contributed by atoms with Crippen LogP contribution in [-0.4, -0.2) is 24.9 Å². The van der Waals surface area contributed by atoms with Crippen molar-refractivity contribution in [1.82, 2.24) is 0 Å². The molecule has 0 atom stereocenters. The fraction of sp³-hybridized carbons (Fsp3) is 0. The molecule has 9 rings (SSSR count). The molecule has 0 fully saturated rings. The minimum atomic E-state index is -0.386. The second kappa shape index (κ2) is 10.2. The normalized spacial score (nSPS) is 16.1. The van der Waals surface area contributed by atoms with Crippen LogP contribution in [-0.2, 0) is 4.79 Å². The molecule has 218 valence electrons. The minimum Gasteiger partial charge on any atom is -0.506 e. The minimum absolute atomic E-state index is 0.0358. The molecule has 0 saturated carbocycles. The molecule has 0 saturated heterocycles. The van der Waals surface area contributed by atoms with E-state index in [2.05, 4.69) is 15.7 Å². The van der Waals surface area contributed by atoms with Crippen LogP contribution in [0.3, 0.4) is 0 Å². The van der Waals surface area contributed by atoms with Crippen LogP contribution in [0.4, 0.5) is 17.1 Å². The number of anilines is 3. The topological polar surface area (TPSA) is 85.8 Å². The Morgan fingerprint density at radius 3 is 1.96 bits per heavy atom. The number of nitrogens with zero attached hydrogens (tertiary/aromatic N) is 1. The first-order valence-corrected chi connectivity index (χ1v) is 15.7. The zero-order valence-corrected chi connectivity index (χ0v) is 25.6. The van der Waals surface area contributed by atoms with Crippen LogP contribution < -0.4 is 37.2 Å². The van der Waals surface area contributed by atoms with E-state index in [9.17, 15) is 9.90 Å². The molecule has 10 heteroatoms. The summed E-state index contributed by atoms with van der Waals surface area (Å²) in [5, 5.41) is 28.9. The Hall–Kier alpha value is -5.17. The van der Waals surface area contributed by atoms with Crippen LogP contribution in [0.25, 0.3) is 32.7 Å². The van der Waals surface area contributed by atoms with E-state index in [4.69, 9.17) is 28.1 Å². The number of halogens is 2. The maximum absolute atomic E-state index is 14.2. The van der Waals surface area contributed by atoms with Crippen LogP contribution in [0.2, 0.25) is 10.0 Å². The maximum atomic E-state index is 14.2. The second-order valence-corrected chi connectivity index (χ2v) is 12.6. The summed E-state index contributed by atoms with van der Waals surface area (Å²) in [5.74, 6) is -0.259. The van der Waals surface area contributed by atoms with E-state index in [1.165, 1.54) is 0 Å². The predicted octanol–water partition coefficient (Wildman–Crippen LogP) is 5.68. The highest BCUT2D eigenvalue weighted by molar-refractivity contribution is 6.80. The standard InChI is InChI=1S/C36H22B2Cl2N4O2/c39-23-13-9-21(10-14-23)37-41-27-5-1-3-19-7-17-25(33(43-37)29(19)27)31-35(45)32(36(31)46)26-18-8-20-4-2-6-28-30(20)34(26)44-38(42-28)22-11-15-24(40)16-12-22/h1-18,41-43,45H/b32-26-. The summed E-state index contributed by atoms with van der Waals surface area (Å²) in [6.45, 7) is -0.653. The second-order valence-electron chi connectivity index (χ2n) is 11.7. The summed E-state index contributed by atoms with van der Waals surface area (Å²) >= 11 is 12.3. The molecule has 6 aromatic rings. The summed E-state index contributed by atoms with van der Waals surface area (Å²) < 4.78 is 0. The van der Waals surface area contributed by atoms with E-state index in [0.29, 0.717) is 26.2 Å². The van der Waals surface area contributed by atoms with Crippen molar-refractivity contribution >= 4 is 104 Å². The quantitative estimate of drug-likeness (QED) is 0.188. The molecule has 0 bridgehead atoms. The summed E-state index contributed by atoms with van der Waals surface area (Å²) in [4.78, 5) is 19.3. The van der Waals surface area contributed by atoms with E-state index >= 15 is 0 Å². The molecule has 1 aliphatic carbocycles. The van der Waals surface area contributed by atoms with E-state index in [-0.39, 0.29) is 36.7 Å². The smallest absolute Gasteiger partial charge is 0.427 e. The lowest BCUT2D eigenvalue weighted by atomic mass is 9.65.